The van der Waals surface area contributed by atoms with Crippen LogP contribution in [-0.4, -0.2) is 5.78 Å². The molecule has 0 aliphatic rings. The Kier molecular flexibility index (Phi) is 5.83. The molecule has 0 saturated carbocycles. The van der Waals surface area contributed by atoms with Crippen LogP contribution in [0.4, 0.5) is 13.2 Å². The molecule has 0 saturated heterocycles. The van der Waals surface area contributed by atoms with Gasteiger partial charge in [-0.1, -0.05) is 46.1 Å². The van der Waals surface area contributed by atoms with Crippen molar-refractivity contribution >= 4 is 44.9 Å². The van der Waals surface area contributed by atoms with Crippen molar-refractivity contribution in [3.63, 3.8) is 0 Å². The van der Waals surface area contributed by atoms with Crippen LogP contribution in [0, 0.1) is 0 Å². The van der Waals surface area contributed by atoms with Crippen LogP contribution in [0.2, 0.25) is 10.0 Å². The smallest absolute Gasteiger partial charge is 0.416 e. The maximum atomic E-state index is 12.7. The Morgan fingerprint density at radius 3 is 2.25 bits per heavy atom. The number of rotatable bonds is 4. The summed E-state index contributed by atoms with van der Waals surface area (Å²) in [7, 11) is 0. The van der Waals surface area contributed by atoms with Crippen LogP contribution in [0.15, 0.2) is 34.8 Å². The Morgan fingerprint density at radius 2 is 1.75 bits per heavy atom. The molecule has 0 atom stereocenters. The number of carbonyl (C=O) groups excluding carboxylic acids is 1. The molecule has 24 heavy (non-hydrogen) atoms. The fourth-order valence-electron chi connectivity index (χ4n) is 1.91. The lowest BCUT2D eigenvalue weighted by Crippen LogP contribution is -2.05. The highest BCUT2D eigenvalue weighted by Crippen LogP contribution is 2.42. The summed E-state index contributed by atoms with van der Waals surface area (Å²) in [5.41, 5.74) is -0.573. The highest BCUT2D eigenvalue weighted by atomic mass is 79.9. The molecule has 0 bridgehead atoms. The van der Waals surface area contributed by atoms with Crippen LogP contribution >= 0.6 is 39.1 Å². The van der Waals surface area contributed by atoms with Crippen LogP contribution in [0.25, 0.3) is 0 Å². The average Bonchev–Trinajstić information content (AvgIpc) is 2.50. The minimum atomic E-state index is -4.57. The van der Waals surface area contributed by atoms with E-state index in [2.05, 4.69) is 15.9 Å². The Labute approximate surface area is 154 Å². The highest BCUT2D eigenvalue weighted by molar-refractivity contribution is 9.10. The van der Waals surface area contributed by atoms with Gasteiger partial charge >= 0.3 is 6.18 Å². The normalized spacial score (nSPS) is 11.5. The van der Waals surface area contributed by atoms with Gasteiger partial charge in [-0.2, -0.15) is 13.2 Å². The molecule has 2 rings (SSSR count). The molecule has 0 aliphatic carbocycles. The SMILES string of the molecule is CCC(=O)c1cc(Oc2c(Cl)cc(C(F)(F)F)cc2Cl)ccc1Br. The van der Waals surface area contributed by atoms with Crippen molar-refractivity contribution in [2.75, 3.05) is 0 Å². The van der Waals surface area contributed by atoms with E-state index in [0.29, 0.717) is 16.5 Å². The zero-order chi connectivity index (χ0) is 18.1. The highest BCUT2D eigenvalue weighted by Gasteiger charge is 2.32. The van der Waals surface area contributed by atoms with E-state index >= 15 is 0 Å². The zero-order valence-electron chi connectivity index (χ0n) is 12.2. The molecular formula is C16H10BrCl2F3O2. The average molecular weight is 442 g/mol. The van der Waals surface area contributed by atoms with Crippen molar-refractivity contribution in [3.8, 4) is 11.5 Å². The molecule has 0 aromatic heterocycles. The second-order valence-electron chi connectivity index (χ2n) is 4.79. The fourth-order valence-corrected chi connectivity index (χ4v) is 2.94. The van der Waals surface area contributed by atoms with E-state index in [1.807, 2.05) is 0 Å². The van der Waals surface area contributed by atoms with Gasteiger partial charge in [0.25, 0.3) is 0 Å². The first-order valence-electron chi connectivity index (χ1n) is 6.70. The van der Waals surface area contributed by atoms with Gasteiger partial charge in [-0.15, -0.1) is 0 Å². The van der Waals surface area contributed by atoms with Gasteiger partial charge in [-0.05, 0) is 30.3 Å². The Hall–Kier alpha value is -1.24. The van der Waals surface area contributed by atoms with Crippen LogP contribution in [0.5, 0.6) is 11.5 Å². The van der Waals surface area contributed by atoms with Gasteiger partial charge in [0.2, 0.25) is 0 Å². The van der Waals surface area contributed by atoms with Crippen LogP contribution in [-0.2, 0) is 6.18 Å². The van der Waals surface area contributed by atoms with E-state index in [4.69, 9.17) is 27.9 Å². The van der Waals surface area contributed by atoms with Gasteiger partial charge in [0.05, 0.1) is 15.6 Å². The third-order valence-electron chi connectivity index (χ3n) is 3.10. The Balaban J connectivity index is 2.40. The van der Waals surface area contributed by atoms with E-state index in [1.54, 1.807) is 19.1 Å². The second-order valence-corrected chi connectivity index (χ2v) is 6.46. The molecule has 0 radical (unpaired) electrons. The molecule has 8 heteroatoms. The summed E-state index contributed by atoms with van der Waals surface area (Å²) in [4.78, 5) is 11.9. The van der Waals surface area contributed by atoms with Crippen LogP contribution in [0.1, 0.15) is 29.3 Å². The number of carbonyl (C=O) groups is 1. The molecule has 2 nitrogen and oxygen atoms in total. The molecular weight excluding hydrogens is 432 g/mol. The van der Waals surface area contributed by atoms with Crippen molar-refractivity contribution in [1.82, 2.24) is 0 Å². The third kappa shape index (κ3) is 4.23. The number of halogens is 6. The van der Waals surface area contributed by atoms with E-state index in [-0.39, 0.29) is 27.3 Å². The first-order valence-corrected chi connectivity index (χ1v) is 8.25. The summed E-state index contributed by atoms with van der Waals surface area (Å²) in [5, 5.41) is -0.553. The van der Waals surface area contributed by atoms with Gasteiger partial charge in [0.1, 0.15) is 5.75 Å². The first-order chi connectivity index (χ1) is 11.1. The number of hydrogen-bond acceptors (Lipinski definition) is 2. The lowest BCUT2D eigenvalue weighted by Gasteiger charge is -2.14. The van der Waals surface area contributed by atoms with E-state index in [9.17, 15) is 18.0 Å². The fraction of sp³-hybridized carbons (Fsp3) is 0.188. The van der Waals surface area contributed by atoms with Crippen LogP contribution < -0.4 is 4.74 Å². The molecule has 2 aromatic carbocycles. The van der Waals surface area contributed by atoms with Gasteiger partial charge in [0, 0.05) is 16.5 Å². The summed E-state index contributed by atoms with van der Waals surface area (Å²) >= 11 is 15.0. The van der Waals surface area contributed by atoms with E-state index in [0.717, 1.165) is 12.1 Å². The maximum Gasteiger partial charge on any atom is 0.416 e. The summed E-state index contributed by atoms with van der Waals surface area (Å²) < 4.78 is 44.3. The molecule has 2 aromatic rings. The number of ether oxygens (including phenoxy) is 1. The van der Waals surface area contributed by atoms with Gasteiger partial charge in [0.15, 0.2) is 11.5 Å². The number of ketones is 1. The molecule has 0 fully saturated rings. The lowest BCUT2D eigenvalue weighted by atomic mass is 10.1. The largest absolute Gasteiger partial charge is 0.454 e. The van der Waals surface area contributed by atoms with Gasteiger partial charge in [-0.25, -0.2) is 0 Å². The number of benzene rings is 2. The standard InChI is InChI=1S/C16H10BrCl2F3O2/c1-2-14(23)10-7-9(3-4-11(10)17)24-15-12(18)5-8(6-13(15)19)16(20,21)22/h3-7H,2H2,1H3. The topological polar surface area (TPSA) is 26.3 Å². The first kappa shape index (κ1) is 19.1. The molecule has 128 valence electrons. The van der Waals surface area contributed by atoms with E-state index < -0.39 is 11.7 Å². The van der Waals surface area contributed by atoms with E-state index in [1.165, 1.54) is 6.07 Å². The minimum Gasteiger partial charge on any atom is -0.454 e. The van der Waals surface area contributed by atoms with Crippen molar-refractivity contribution in [2.24, 2.45) is 0 Å². The maximum absolute atomic E-state index is 12.7. The van der Waals surface area contributed by atoms with Gasteiger partial charge in [-0.3, -0.25) is 4.79 Å². The zero-order valence-corrected chi connectivity index (χ0v) is 15.3. The molecule has 0 heterocycles. The van der Waals surface area contributed by atoms with Crippen LogP contribution in [0.3, 0.4) is 0 Å². The number of hydrogen-bond donors (Lipinski definition) is 0. The number of Topliss-reactive ketones (excluding diaryl/α,β-unsaturated/α-hetero) is 1. The van der Waals surface area contributed by atoms with Crippen molar-refractivity contribution in [2.45, 2.75) is 19.5 Å². The van der Waals surface area contributed by atoms with Crippen molar-refractivity contribution in [3.05, 3.63) is 56.0 Å². The lowest BCUT2D eigenvalue weighted by molar-refractivity contribution is -0.137. The molecule has 0 aliphatic heterocycles. The van der Waals surface area contributed by atoms with Gasteiger partial charge < -0.3 is 4.74 Å². The monoisotopic (exact) mass is 440 g/mol. The molecule has 0 N–H and O–H groups in total. The molecule has 0 spiro atoms. The summed E-state index contributed by atoms with van der Waals surface area (Å²) in [6, 6.07) is 6.09. The minimum absolute atomic E-state index is 0.108. The summed E-state index contributed by atoms with van der Waals surface area (Å²) in [5.74, 6) is 0.0130. The summed E-state index contributed by atoms with van der Waals surface area (Å²) in [6.45, 7) is 1.71. The Bertz CT molecular complexity index is 768. The molecule has 0 unspecified atom stereocenters. The quantitative estimate of drug-likeness (QED) is 0.470. The number of alkyl halides is 3. The third-order valence-corrected chi connectivity index (χ3v) is 4.36. The van der Waals surface area contributed by atoms with Crippen molar-refractivity contribution < 1.29 is 22.7 Å². The predicted molar refractivity (Wildman–Crippen MR) is 90.3 cm³/mol. The summed E-state index contributed by atoms with van der Waals surface area (Å²) in [6.07, 6.45) is -4.27. The Morgan fingerprint density at radius 1 is 1.17 bits per heavy atom. The molecule has 0 amide bonds. The van der Waals surface area contributed by atoms with Crippen molar-refractivity contribution in [1.29, 1.82) is 0 Å². The predicted octanol–water partition coefficient (Wildman–Crippen LogP) is 7.16. The second kappa shape index (κ2) is 7.33.